The van der Waals surface area contributed by atoms with Gasteiger partial charge < -0.3 is 15.3 Å². The second-order valence-corrected chi connectivity index (χ2v) is 4.54. The molecule has 0 radical (unpaired) electrons. The molecule has 0 unspecified atom stereocenters. The van der Waals surface area contributed by atoms with Gasteiger partial charge in [0.2, 0.25) is 0 Å². The van der Waals surface area contributed by atoms with E-state index >= 15 is 0 Å². The molecule has 0 aliphatic carbocycles. The summed E-state index contributed by atoms with van der Waals surface area (Å²) in [5.74, 6) is -0.602. The molecule has 0 bridgehead atoms. The Morgan fingerprint density at radius 3 is 1.94 bits per heavy atom. The zero-order valence-electron chi connectivity index (χ0n) is 10.7. The summed E-state index contributed by atoms with van der Waals surface area (Å²) in [6.07, 6.45) is 0. The number of aromatic hydroxyl groups is 3. The molecule has 0 saturated heterocycles. The van der Waals surface area contributed by atoms with Crippen LogP contribution in [-0.4, -0.2) is 15.3 Å². The minimum absolute atomic E-state index is 0.0448. The molecule has 94 valence electrons. The van der Waals surface area contributed by atoms with Crippen molar-refractivity contribution < 1.29 is 15.3 Å². The average molecular weight is 244 g/mol. The summed E-state index contributed by atoms with van der Waals surface area (Å²) in [6.45, 7) is 6.02. The molecule has 0 atom stereocenters. The van der Waals surface area contributed by atoms with Gasteiger partial charge in [-0.25, -0.2) is 0 Å². The molecule has 0 fully saturated rings. The van der Waals surface area contributed by atoms with Crippen LogP contribution in [0.3, 0.4) is 0 Å². The van der Waals surface area contributed by atoms with Crippen LogP contribution in [0, 0.1) is 20.8 Å². The smallest absolute Gasteiger partial charge is 0.161 e. The molecular formula is C15H16O3. The van der Waals surface area contributed by atoms with Crippen molar-refractivity contribution in [1.82, 2.24) is 0 Å². The molecule has 0 aromatic heterocycles. The highest BCUT2D eigenvalue weighted by Gasteiger charge is 2.13. The lowest BCUT2D eigenvalue weighted by molar-refractivity contribution is 0.397. The zero-order chi connectivity index (χ0) is 13.4. The monoisotopic (exact) mass is 244 g/mol. The molecule has 2 aromatic carbocycles. The lowest BCUT2D eigenvalue weighted by atomic mass is 9.93. The van der Waals surface area contributed by atoms with Crippen molar-refractivity contribution in [2.75, 3.05) is 0 Å². The van der Waals surface area contributed by atoms with E-state index in [9.17, 15) is 15.3 Å². The second kappa shape index (κ2) is 4.26. The van der Waals surface area contributed by atoms with Crippen LogP contribution in [0.15, 0.2) is 24.3 Å². The van der Waals surface area contributed by atoms with Gasteiger partial charge in [-0.15, -0.1) is 0 Å². The van der Waals surface area contributed by atoms with E-state index in [1.165, 1.54) is 11.6 Å². The third-order valence-electron chi connectivity index (χ3n) is 3.44. The summed E-state index contributed by atoms with van der Waals surface area (Å²) >= 11 is 0. The Morgan fingerprint density at radius 2 is 1.28 bits per heavy atom. The van der Waals surface area contributed by atoms with Crippen molar-refractivity contribution in [3.8, 4) is 28.4 Å². The molecule has 2 rings (SSSR count). The highest BCUT2D eigenvalue weighted by molar-refractivity contribution is 5.77. The second-order valence-electron chi connectivity index (χ2n) is 4.54. The fourth-order valence-corrected chi connectivity index (χ4v) is 2.03. The van der Waals surface area contributed by atoms with Crippen LogP contribution < -0.4 is 0 Å². The van der Waals surface area contributed by atoms with Crippen molar-refractivity contribution in [1.29, 1.82) is 0 Å². The maximum atomic E-state index is 9.88. The highest BCUT2D eigenvalue weighted by Crippen LogP contribution is 2.40. The maximum absolute atomic E-state index is 9.88. The molecule has 3 N–H and O–H groups in total. The molecule has 0 amide bonds. The highest BCUT2D eigenvalue weighted by atomic mass is 16.3. The number of hydrogen-bond donors (Lipinski definition) is 3. The largest absolute Gasteiger partial charge is 0.507 e. The van der Waals surface area contributed by atoms with E-state index in [4.69, 9.17) is 0 Å². The Bertz CT molecular complexity index is 616. The van der Waals surface area contributed by atoms with Gasteiger partial charge in [0.15, 0.2) is 11.5 Å². The fraction of sp³-hybridized carbons (Fsp3) is 0.200. The lowest BCUT2D eigenvalue weighted by Gasteiger charge is -2.13. The van der Waals surface area contributed by atoms with Gasteiger partial charge in [0, 0.05) is 11.6 Å². The Labute approximate surface area is 106 Å². The fourth-order valence-electron chi connectivity index (χ4n) is 2.03. The standard InChI is InChI=1S/C15H16O3/c1-8-4-5-11(10(3)9(8)2)12-6-14(17)15(18)7-13(12)16/h4-7,16-18H,1-3H3. The molecule has 3 nitrogen and oxygen atoms in total. The van der Waals surface area contributed by atoms with E-state index in [2.05, 4.69) is 0 Å². The van der Waals surface area contributed by atoms with Crippen molar-refractivity contribution in [3.63, 3.8) is 0 Å². The number of phenols is 3. The molecule has 0 aliphatic heterocycles. The Balaban J connectivity index is 2.70. The number of hydrogen-bond acceptors (Lipinski definition) is 3. The Kier molecular flexibility index (Phi) is 2.91. The van der Waals surface area contributed by atoms with Crippen LogP contribution in [0.1, 0.15) is 16.7 Å². The first-order valence-electron chi connectivity index (χ1n) is 5.74. The molecule has 18 heavy (non-hydrogen) atoms. The van der Waals surface area contributed by atoms with E-state index < -0.39 is 0 Å². The van der Waals surface area contributed by atoms with Crippen LogP contribution in [0.4, 0.5) is 0 Å². The van der Waals surface area contributed by atoms with Crippen LogP contribution >= 0.6 is 0 Å². The normalized spacial score (nSPS) is 10.6. The van der Waals surface area contributed by atoms with Gasteiger partial charge >= 0.3 is 0 Å². The molecule has 0 aliphatic rings. The van der Waals surface area contributed by atoms with E-state index in [1.807, 2.05) is 32.9 Å². The van der Waals surface area contributed by atoms with E-state index in [1.54, 1.807) is 0 Å². The van der Waals surface area contributed by atoms with Crippen LogP contribution in [0.5, 0.6) is 17.2 Å². The summed E-state index contributed by atoms with van der Waals surface area (Å²) in [6, 6.07) is 6.41. The quantitative estimate of drug-likeness (QED) is 0.532. The van der Waals surface area contributed by atoms with Crippen molar-refractivity contribution in [2.45, 2.75) is 20.8 Å². The minimum atomic E-state index is -0.322. The average Bonchev–Trinajstić information content (AvgIpc) is 2.32. The van der Waals surface area contributed by atoms with Gasteiger partial charge in [0.05, 0.1) is 0 Å². The van der Waals surface area contributed by atoms with Crippen molar-refractivity contribution in [3.05, 3.63) is 41.0 Å². The third-order valence-corrected chi connectivity index (χ3v) is 3.44. The minimum Gasteiger partial charge on any atom is -0.507 e. The molecule has 0 saturated carbocycles. The first-order valence-corrected chi connectivity index (χ1v) is 5.74. The van der Waals surface area contributed by atoms with Crippen molar-refractivity contribution >= 4 is 0 Å². The first kappa shape index (κ1) is 12.3. The summed E-state index contributed by atoms with van der Waals surface area (Å²) < 4.78 is 0. The van der Waals surface area contributed by atoms with Crippen LogP contribution in [0.25, 0.3) is 11.1 Å². The predicted molar refractivity (Wildman–Crippen MR) is 71.1 cm³/mol. The van der Waals surface area contributed by atoms with Crippen molar-refractivity contribution in [2.24, 2.45) is 0 Å². The zero-order valence-corrected chi connectivity index (χ0v) is 10.7. The van der Waals surface area contributed by atoms with E-state index in [0.29, 0.717) is 5.56 Å². The number of benzene rings is 2. The molecular weight excluding hydrogens is 228 g/mol. The van der Waals surface area contributed by atoms with Gasteiger partial charge in [-0.2, -0.15) is 0 Å². The number of rotatable bonds is 1. The van der Waals surface area contributed by atoms with Gasteiger partial charge in [-0.05, 0) is 49.1 Å². The Hall–Kier alpha value is -2.16. The summed E-state index contributed by atoms with van der Waals surface area (Å²) in [4.78, 5) is 0. The van der Waals surface area contributed by atoms with Gasteiger partial charge in [0.25, 0.3) is 0 Å². The van der Waals surface area contributed by atoms with Gasteiger partial charge in [0.1, 0.15) is 5.75 Å². The number of aryl methyl sites for hydroxylation is 1. The number of phenolic OH excluding ortho intramolecular Hbond substituents is 3. The van der Waals surface area contributed by atoms with Gasteiger partial charge in [-0.1, -0.05) is 12.1 Å². The SMILES string of the molecule is Cc1ccc(-c2cc(O)c(O)cc2O)c(C)c1C. The summed E-state index contributed by atoms with van der Waals surface area (Å²) in [5, 5.41) is 28.8. The summed E-state index contributed by atoms with van der Waals surface area (Å²) in [7, 11) is 0. The topological polar surface area (TPSA) is 60.7 Å². The molecule has 0 spiro atoms. The lowest BCUT2D eigenvalue weighted by Crippen LogP contribution is -1.91. The molecule has 2 aromatic rings. The van der Waals surface area contributed by atoms with Crippen LogP contribution in [-0.2, 0) is 0 Å². The molecule has 0 heterocycles. The first-order chi connectivity index (χ1) is 8.41. The van der Waals surface area contributed by atoms with Crippen LogP contribution in [0.2, 0.25) is 0 Å². The van der Waals surface area contributed by atoms with E-state index in [0.717, 1.165) is 22.8 Å². The predicted octanol–water partition coefficient (Wildman–Crippen LogP) is 3.40. The van der Waals surface area contributed by atoms with E-state index in [-0.39, 0.29) is 17.2 Å². The molecule has 3 heteroatoms. The Morgan fingerprint density at radius 1 is 0.667 bits per heavy atom. The third kappa shape index (κ3) is 1.88. The maximum Gasteiger partial charge on any atom is 0.161 e. The summed E-state index contributed by atoms with van der Waals surface area (Å²) in [5.41, 5.74) is 4.75. The van der Waals surface area contributed by atoms with Gasteiger partial charge in [-0.3, -0.25) is 0 Å².